The largest absolute Gasteiger partial charge is 0.271 e. The van der Waals surface area contributed by atoms with Gasteiger partial charge in [0.25, 0.3) is 5.91 Å². The van der Waals surface area contributed by atoms with Gasteiger partial charge in [-0.1, -0.05) is 30.3 Å². The van der Waals surface area contributed by atoms with Gasteiger partial charge >= 0.3 is 0 Å². The highest BCUT2D eigenvalue weighted by Crippen LogP contribution is 2.32. The molecule has 1 amide bonds. The molecule has 0 fully saturated rings. The second-order valence-electron chi connectivity index (χ2n) is 5.86. The first kappa shape index (κ1) is 14.6. The van der Waals surface area contributed by atoms with E-state index in [1.807, 2.05) is 6.07 Å². The van der Waals surface area contributed by atoms with E-state index in [1.54, 1.807) is 6.21 Å². The van der Waals surface area contributed by atoms with Gasteiger partial charge < -0.3 is 0 Å². The quantitative estimate of drug-likeness (QED) is 0.578. The molecule has 3 aromatic carbocycles. The van der Waals surface area contributed by atoms with Gasteiger partial charge in [-0.2, -0.15) is 5.10 Å². The number of carbonyl (C=O) groups excluding carboxylic acids is 1. The zero-order valence-corrected chi connectivity index (χ0v) is 12.9. The maximum absolute atomic E-state index is 12.9. The van der Waals surface area contributed by atoms with Crippen LogP contribution in [-0.4, -0.2) is 12.1 Å². The van der Waals surface area contributed by atoms with Crippen molar-refractivity contribution in [3.63, 3.8) is 0 Å². The SMILES string of the molecule is O=C(N/N=C\c1ccc2c3c(cccc13)CC2)c1ccc(F)cc1. The summed E-state index contributed by atoms with van der Waals surface area (Å²) in [5.41, 5.74) is 6.56. The minimum atomic E-state index is -0.372. The molecular formula is C20H15FN2O. The van der Waals surface area contributed by atoms with Crippen LogP contribution in [0.5, 0.6) is 0 Å². The molecule has 0 radical (unpaired) electrons. The van der Waals surface area contributed by atoms with Crippen LogP contribution in [0.1, 0.15) is 27.0 Å². The monoisotopic (exact) mass is 318 g/mol. The van der Waals surface area contributed by atoms with Crippen LogP contribution in [0.3, 0.4) is 0 Å². The van der Waals surface area contributed by atoms with Crippen molar-refractivity contribution < 1.29 is 9.18 Å². The van der Waals surface area contributed by atoms with Gasteiger partial charge in [0.15, 0.2) is 0 Å². The van der Waals surface area contributed by atoms with Crippen LogP contribution in [0.15, 0.2) is 59.7 Å². The van der Waals surface area contributed by atoms with E-state index in [0.717, 1.165) is 23.8 Å². The Morgan fingerprint density at radius 2 is 1.75 bits per heavy atom. The maximum Gasteiger partial charge on any atom is 0.271 e. The predicted molar refractivity (Wildman–Crippen MR) is 92.8 cm³/mol. The van der Waals surface area contributed by atoms with E-state index in [4.69, 9.17) is 0 Å². The Balaban J connectivity index is 1.58. The fourth-order valence-corrected chi connectivity index (χ4v) is 3.21. The van der Waals surface area contributed by atoms with E-state index >= 15 is 0 Å². The van der Waals surface area contributed by atoms with E-state index in [1.165, 1.54) is 40.8 Å². The molecule has 0 unspecified atom stereocenters. The summed E-state index contributed by atoms with van der Waals surface area (Å²) in [5, 5.41) is 6.52. The van der Waals surface area contributed by atoms with Gasteiger partial charge in [0, 0.05) is 11.1 Å². The number of nitrogens with zero attached hydrogens (tertiary/aromatic N) is 1. The number of halogens is 1. The highest BCUT2D eigenvalue weighted by Gasteiger charge is 2.15. The van der Waals surface area contributed by atoms with E-state index in [-0.39, 0.29) is 11.7 Å². The third-order valence-corrected chi connectivity index (χ3v) is 4.39. The van der Waals surface area contributed by atoms with Gasteiger partial charge in [-0.3, -0.25) is 4.79 Å². The fourth-order valence-electron chi connectivity index (χ4n) is 3.21. The van der Waals surface area contributed by atoms with Crippen molar-refractivity contribution >= 4 is 22.9 Å². The number of aryl methyl sites for hydroxylation is 2. The smallest absolute Gasteiger partial charge is 0.267 e. The lowest BCUT2D eigenvalue weighted by molar-refractivity contribution is 0.0955. The van der Waals surface area contributed by atoms with Gasteiger partial charge in [0.1, 0.15) is 5.82 Å². The molecule has 3 aromatic rings. The van der Waals surface area contributed by atoms with Crippen LogP contribution in [0.2, 0.25) is 0 Å². The number of hydrogen-bond donors (Lipinski definition) is 1. The number of nitrogens with one attached hydrogen (secondary N) is 1. The summed E-state index contributed by atoms with van der Waals surface area (Å²) in [6.45, 7) is 0. The standard InChI is InChI=1S/C20H15FN2O/c21-17-10-8-15(9-11-17)20(24)23-22-12-16-7-6-14-5-4-13-2-1-3-18(16)19(13)14/h1-3,6-12H,4-5H2,(H,23,24)/b22-12-. The lowest BCUT2D eigenvalue weighted by Crippen LogP contribution is -2.17. The molecule has 0 heterocycles. The van der Waals surface area contributed by atoms with Crippen molar-refractivity contribution in [2.24, 2.45) is 5.10 Å². The first-order valence-electron chi connectivity index (χ1n) is 7.85. The van der Waals surface area contributed by atoms with Crippen LogP contribution in [0, 0.1) is 5.82 Å². The Morgan fingerprint density at radius 3 is 2.54 bits per heavy atom. The summed E-state index contributed by atoms with van der Waals surface area (Å²) in [7, 11) is 0. The molecule has 0 atom stereocenters. The lowest BCUT2D eigenvalue weighted by Gasteiger charge is -2.05. The topological polar surface area (TPSA) is 41.5 Å². The van der Waals surface area contributed by atoms with Crippen LogP contribution in [0.25, 0.3) is 10.8 Å². The third-order valence-electron chi connectivity index (χ3n) is 4.39. The van der Waals surface area contributed by atoms with Crippen molar-refractivity contribution in [2.75, 3.05) is 0 Å². The van der Waals surface area contributed by atoms with Crippen LogP contribution in [0.4, 0.5) is 4.39 Å². The number of benzene rings is 3. The van der Waals surface area contributed by atoms with E-state index < -0.39 is 0 Å². The maximum atomic E-state index is 12.9. The Kier molecular flexibility index (Phi) is 3.58. The average Bonchev–Trinajstić information content (AvgIpc) is 3.02. The van der Waals surface area contributed by atoms with Crippen molar-refractivity contribution in [1.82, 2.24) is 5.43 Å². The molecule has 0 aliphatic heterocycles. The van der Waals surface area contributed by atoms with Gasteiger partial charge in [-0.25, -0.2) is 9.82 Å². The summed E-state index contributed by atoms with van der Waals surface area (Å²) in [5.74, 6) is -0.736. The average molecular weight is 318 g/mol. The molecule has 3 nitrogen and oxygen atoms in total. The molecule has 118 valence electrons. The van der Waals surface area contributed by atoms with E-state index in [0.29, 0.717) is 5.56 Å². The minimum Gasteiger partial charge on any atom is -0.267 e. The first-order chi connectivity index (χ1) is 11.7. The summed E-state index contributed by atoms with van der Waals surface area (Å²) < 4.78 is 12.9. The van der Waals surface area contributed by atoms with Gasteiger partial charge in [-0.15, -0.1) is 0 Å². The van der Waals surface area contributed by atoms with Gasteiger partial charge in [0.2, 0.25) is 0 Å². The molecule has 0 aromatic heterocycles. The second kappa shape index (κ2) is 5.89. The summed E-state index contributed by atoms with van der Waals surface area (Å²) in [6.07, 6.45) is 3.81. The van der Waals surface area contributed by atoms with Crippen LogP contribution >= 0.6 is 0 Å². The van der Waals surface area contributed by atoms with Crippen LogP contribution in [-0.2, 0) is 12.8 Å². The molecule has 1 aliphatic rings. The first-order valence-corrected chi connectivity index (χ1v) is 7.85. The molecule has 0 bridgehead atoms. The molecule has 1 aliphatic carbocycles. The number of rotatable bonds is 3. The highest BCUT2D eigenvalue weighted by molar-refractivity contribution is 6.03. The molecular weight excluding hydrogens is 303 g/mol. The number of hydrogen-bond acceptors (Lipinski definition) is 2. The Bertz CT molecular complexity index is 951. The molecule has 0 spiro atoms. The summed E-state index contributed by atoms with van der Waals surface area (Å²) >= 11 is 0. The Hall–Kier alpha value is -3.01. The predicted octanol–water partition coefficient (Wildman–Crippen LogP) is 3.84. The van der Waals surface area contributed by atoms with E-state index in [2.05, 4.69) is 34.8 Å². The van der Waals surface area contributed by atoms with Crippen molar-refractivity contribution in [3.8, 4) is 0 Å². The number of hydrazone groups is 1. The van der Waals surface area contributed by atoms with Crippen molar-refractivity contribution in [2.45, 2.75) is 12.8 Å². The van der Waals surface area contributed by atoms with Crippen molar-refractivity contribution in [3.05, 3.63) is 82.7 Å². The van der Waals surface area contributed by atoms with E-state index in [9.17, 15) is 9.18 Å². The molecule has 4 heteroatoms. The van der Waals surface area contributed by atoms with Crippen LogP contribution < -0.4 is 5.43 Å². The molecule has 4 rings (SSSR count). The zero-order chi connectivity index (χ0) is 16.5. The normalized spacial score (nSPS) is 12.9. The molecule has 1 N–H and O–H groups in total. The second-order valence-corrected chi connectivity index (χ2v) is 5.86. The number of carbonyl (C=O) groups is 1. The zero-order valence-electron chi connectivity index (χ0n) is 12.9. The minimum absolute atomic E-state index is 0.364. The van der Waals surface area contributed by atoms with Gasteiger partial charge in [0.05, 0.1) is 6.21 Å². The lowest BCUT2D eigenvalue weighted by atomic mass is 10.0. The number of amides is 1. The molecule has 24 heavy (non-hydrogen) atoms. The summed E-state index contributed by atoms with van der Waals surface area (Å²) in [4.78, 5) is 12.0. The highest BCUT2D eigenvalue weighted by atomic mass is 19.1. The molecule has 0 saturated heterocycles. The Labute approximate surface area is 138 Å². The van der Waals surface area contributed by atoms with Gasteiger partial charge in [-0.05, 0) is 59.0 Å². The summed E-state index contributed by atoms with van der Waals surface area (Å²) in [6, 6.07) is 15.8. The molecule has 0 saturated carbocycles. The van der Waals surface area contributed by atoms with Crippen molar-refractivity contribution in [1.29, 1.82) is 0 Å². The third kappa shape index (κ3) is 2.56. The fraction of sp³-hybridized carbons (Fsp3) is 0.100. The Morgan fingerprint density at radius 1 is 1.00 bits per heavy atom.